The van der Waals surface area contributed by atoms with Crippen LogP contribution in [0.3, 0.4) is 0 Å². The van der Waals surface area contributed by atoms with Gasteiger partial charge in [-0.05, 0) is 12.3 Å². The highest BCUT2D eigenvalue weighted by Crippen LogP contribution is 2.34. The molecule has 1 aliphatic rings. The zero-order valence-corrected chi connectivity index (χ0v) is 11.5. The Balaban J connectivity index is 2.29. The standard InChI is InChI=1S/C13H25NS/c1-5-11(2)7-6-8-13(3,4)12-14-9-10-15-12/h11H,5-10H2,1-4H3. The first-order chi connectivity index (χ1) is 7.06. The Morgan fingerprint density at radius 3 is 2.73 bits per heavy atom. The second-order valence-electron chi connectivity index (χ2n) is 5.32. The number of hydrogen-bond acceptors (Lipinski definition) is 2. The minimum absolute atomic E-state index is 0.328. The molecule has 1 nitrogen and oxygen atoms in total. The van der Waals surface area contributed by atoms with E-state index in [1.807, 2.05) is 11.8 Å². The molecular formula is C13H25NS. The van der Waals surface area contributed by atoms with Gasteiger partial charge in [0.15, 0.2) is 0 Å². The lowest BCUT2D eigenvalue weighted by Crippen LogP contribution is -2.20. The summed E-state index contributed by atoms with van der Waals surface area (Å²) >= 11 is 1.96. The Morgan fingerprint density at radius 1 is 1.47 bits per heavy atom. The van der Waals surface area contributed by atoms with Gasteiger partial charge in [-0.25, -0.2) is 0 Å². The van der Waals surface area contributed by atoms with Crippen LogP contribution in [-0.2, 0) is 0 Å². The van der Waals surface area contributed by atoms with Crippen LogP contribution in [0.1, 0.15) is 53.4 Å². The Kier molecular flexibility index (Phi) is 5.17. The van der Waals surface area contributed by atoms with E-state index in [0.717, 1.165) is 12.5 Å². The summed E-state index contributed by atoms with van der Waals surface area (Å²) in [7, 11) is 0. The highest BCUT2D eigenvalue weighted by Gasteiger charge is 2.27. The van der Waals surface area contributed by atoms with E-state index in [1.54, 1.807) is 0 Å². The molecule has 0 saturated carbocycles. The highest BCUT2D eigenvalue weighted by atomic mass is 32.2. The molecule has 0 bridgehead atoms. The molecule has 1 heterocycles. The molecule has 1 rings (SSSR count). The van der Waals surface area contributed by atoms with E-state index in [4.69, 9.17) is 0 Å². The Morgan fingerprint density at radius 2 is 2.20 bits per heavy atom. The van der Waals surface area contributed by atoms with E-state index >= 15 is 0 Å². The first-order valence-corrected chi connectivity index (χ1v) is 7.22. The zero-order chi connectivity index (χ0) is 11.3. The predicted octanol–water partition coefficient (Wildman–Crippen LogP) is 4.37. The molecule has 1 unspecified atom stereocenters. The Bertz CT molecular complexity index is 221. The predicted molar refractivity (Wildman–Crippen MR) is 71.8 cm³/mol. The summed E-state index contributed by atoms with van der Waals surface area (Å²) in [4.78, 5) is 4.60. The lowest BCUT2D eigenvalue weighted by molar-refractivity contribution is 0.408. The molecule has 0 N–H and O–H groups in total. The summed E-state index contributed by atoms with van der Waals surface area (Å²) in [6.45, 7) is 10.4. The van der Waals surface area contributed by atoms with Crippen LogP contribution in [0.4, 0.5) is 0 Å². The molecule has 0 radical (unpaired) electrons. The third kappa shape index (κ3) is 4.18. The number of thioether (sulfide) groups is 1. The average molecular weight is 227 g/mol. The first-order valence-electron chi connectivity index (χ1n) is 6.24. The van der Waals surface area contributed by atoms with Gasteiger partial charge in [0.05, 0.1) is 5.04 Å². The average Bonchev–Trinajstić information content (AvgIpc) is 2.70. The van der Waals surface area contributed by atoms with Gasteiger partial charge in [0, 0.05) is 17.7 Å². The maximum absolute atomic E-state index is 4.60. The van der Waals surface area contributed by atoms with Gasteiger partial charge >= 0.3 is 0 Å². The fourth-order valence-corrected chi connectivity index (χ4v) is 3.00. The fourth-order valence-electron chi connectivity index (χ4n) is 1.95. The van der Waals surface area contributed by atoms with Crippen molar-refractivity contribution in [3.8, 4) is 0 Å². The molecule has 1 atom stereocenters. The van der Waals surface area contributed by atoms with Crippen LogP contribution in [0.2, 0.25) is 0 Å². The number of aliphatic imine (C=N–C) groups is 1. The zero-order valence-electron chi connectivity index (χ0n) is 10.7. The summed E-state index contributed by atoms with van der Waals surface area (Å²) < 4.78 is 0. The quantitative estimate of drug-likeness (QED) is 0.656. The van der Waals surface area contributed by atoms with Crippen molar-refractivity contribution in [3.05, 3.63) is 0 Å². The van der Waals surface area contributed by atoms with Crippen molar-refractivity contribution in [1.29, 1.82) is 0 Å². The molecule has 88 valence electrons. The molecule has 0 spiro atoms. The van der Waals surface area contributed by atoms with Gasteiger partial charge in [-0.1, -0.05) is 47.0 Å². The molecule has 0 aromatic heterocycles. The van der Waals surface area contributed by atoms with Crippen LogP contribution in [0.5, 0.6) is 0 Å². The maximum Gasteiger partial charge on any atom is 0.0733 e. The molecule has 0 fully saturated rings. The summed E-state index contributed by atoms with van der Waals surface area (Å²) in [5.74, 6) is 2.09. The van der Waals surface area contributed by atoms with Gasteiger partial charge in [0.25, 0.3) is 0 Å². The Hall–Kier alpha value is 0.0200. The Labute approximate surface area is 99.1 Å². The summed E-state index contributed by atoms with van der Waals surface area (Å²) in [6.07, 6.45) is 5.33. The smallest absolute Gasteiger partial charge is 0.0733 e. The molecule has 0 aliphatic carbocycles. The molecule has 2 heteroatoms. The molecule has 1 aliphatic heterocycles. The van der Waals surface area contributed by atoms with Crippen LogP contribution >= 0.6 is 11.8 Å². The van der Waals surface area contributed by atoms with E-state index in [2.05, 4.69) is 32.7 Å². The van der Waals surface area contributed by atoms with Gasteiger partial charge in [-0.2, -0.15) is 0 Å². The van der Waals surface area contributed by atoms with Crippen LogP contribution in [0.15, 0.2) is 4.99 Å². The van der Waals surface area contributed by atoms with Gasteiger partial charge in [0.1, 0.15) is 0 Å². The van der Waals surface area contributed by atoms with Crippen LogP contribution in [0, 0.1) is 11.3 Å². The molecule has 0 aromatic rings. The molecule has 0 saturated heterocycles. The van der Waals surface area contributed by atoms with Crippen molar-refractivity contribution in [2.24, 2.45) is 16.3 Å². The topological polar surface area (TPSA) is 12.4 Å². The third-order valence-corrected chi connectivity index (χ3v) is 4.70. The normalized spacial score (nSPS) is 19.1. The molecule has 0 amide bonds. The summed E-state index contributed by atoms with van der Waals surface area (Å²) in [5, 5.41) is 1.40. The minimum Gasteiger partial charge on any atom is -0.281 e. The van der Waals surface area contributed by atoms with Crippen LogP contribution in [0.25, 0.3) is 0 Å². The SMILES string of the molecule is CCC(C)CCCC(C)(C)C1=NCCS1. The maximum atomic E-state index is 4.60. The van der Waals surface area contributed by atoms with Crippen molar-refractivity contribution >= 4 is 16.8 Å². The fraction of sp³-hybridized carbons (Fsp3) is 0.923. The summed E-state index contributed by atoms with van der Waals surface area (Å²) in [5.41, 5.74) is 0.328. The van der Waals surface area contributed by atoms with Crippen molar-refractivity contribution in [3.63, 3.8) is 0 Å². The number of hydrogen-bond donors (Lipinski definition) is 0. The van der Waals surface area contributed by atoms with Crippen molar-refractivity contribution in [2.75, 3.05) is 12.3 Å². The third-order valence-electron chi connectivity index (χ3n) is 3.36. The second-order valence-corrected chi connectivity index (χ2v) is 6.41. The van der Waals surface area contributed by atoms with Crippen molar-refractivity contribution in [2.45, 2.75) is 53.4 Å². The molecular weight excluding hydrogens is 202 g/mol. The lowest BCUT2D eigenvalue weighted by Gasteiger charge is -2.24. The van der Waals surface area contributed by atoms with Crippen LogP contribution in [-0.4, -0.2) is 17.3 Å². The number of rotatable bonds is 6. The second kappa shape index (κ2) is 5.93. The van der Waals surface area contributed by atoms with E-state index in [-0.39, 0.29) is 0 Å². The van der Waals surface area contributed by atoms with Gasteiger partial charge < -0.3 is 0 Å². The van der Waals surface area contributed by atoms with Crippen molar-refractivity contribution < 1.29 is 0 Å². The highest BCUT2D eigenvalue weighted by molar-refractivity contribution is 8.14. The monoisotopic (exact) mass is 227 g/mol. The van der Waals surface area contributed by atoms with E-state index in [1.165, 1.54) is 36.5 Å². The van der Waals surface area contributed by atoms with E-state index in [0.29, 0.717) is 5.41 Å². The van der Waals surface area contributed by atoms with E-state index in [9.17, 15) is 0 Å². The largest absolute Gasteiger partial charge is 0.281 e. The summed E-state index contributed by atoms with van der Waals surface area (Å²) in [6, 6.07) is 0. The number of nitrogens with zero attached hydrogens (tertiary/aromatic N) is 1. The van der Waals surface area contributed by atoms with E-state index < -0.39 is 0 Å². The molecule has 15 heavy (non-hydrogen) atoms. The molecule has 0 aromatic carbocycles. The van der Waals surface area contributed by atoms with Crippen LogP contribution < -0.4 is 0 Å². The van der Waals surface area contributed by atoms with Gasteiger partial charge in [-0.15, -0.1) is 11.8 Å². The lowest BCUT2D eigenvalue weighted by atomic mass is 9.86. The van der Waals surface area contributed by atoms with Gasteiger partial charge in [-0.3, -0.25) is 4.99 Å². The van der Waals surface area contributed by atoms with Gasteiger partial charge in [0.2, 0.25) is 0 Å². The first kappa shape index (κ1) is 13.1. The minimum atomic E-state index is 0.328. The van der Waals surface area contributed by atoms with Crippen molar-refractivity contribution in [1.82, 2.24) is 0 Å².